The lowest BCUT2D eigenvalue weighted by Crippen LogP contribution is -2.31. The van der Waals surface area contributed by atoms with Crippen LogP contribution in [0.5, 0.6) is 17.2 Å². The van der Waals surface area contributed by atoms with Gasteiger partial charge in [-0.1, -0.05) is 6.07 Å². The second-order valence-corrected chi connectivity index (χ2v) is 5.57. The third-order valence-electron chi connectivity index (χ3n) is 4.13. The van der Waals surface area contributed by atoms with E-state index in [4.69, 9.17) is 23.4 Å². The van der Waals surface area contributed by atoms with Crippen LogP contribution in [-0.2, 0) is 9.53 Å². The summed E-state index contributed by atoms with van der Waals surface area (Å²) in [7, 11) is 1.28. The monoisotopic (exact) mass is 330 g/mol. The number of hydrogen-bond acceptors (Lipinski definition) is 7. The molecule has 0 bridgehead atoms. The number of fused-ring (bicyclic) bond motifs is 2. The number of rotatable bonds is 2. The van der Waals surface area contributed by atoms with E-state index < -0.39 is 23.6 Å². The fourth-order valence-corrected chi connectivity index (χ4v) is 3.08. The van der Waals surface area contributed by atoms with Crippen LogP contribution in [0, 0.1) is 6.92 Å². The zero-order valence-electron chi connectivity index (χ0n) is 13.0. The third-order valence-corrected chi connectivity index (χ3v) is 4.13. The van der Waals surface area contributed by atoms with Gasteiger partial charge in [-0.25, -0.2) is 9.59 Å². The first-order valence-electron chi connectivity index (χ1n) is 7.37. The second kappa shape index (κ2) is 5.30. The summed E-state index contributed by atoms with van der Waals surface area (Å²) in [5, 5.41) is 0. The second-order valence-electron chi connectivity index (χ2n) is 5.57. The van der Waals surface area contributed by atoms with Crippen LogP contribution in [0.25, 0.3) is 0 Å². The van der Waals surface area contributed by atoms with E-state index in [-0.39, 0.29) is 6.79 Å². The molecule has 0 spiro atoms. The summed E-state index contributed by atoms with van der Waals surface area (Å²) in [5.74, 6) is 0.713. The minimum Gasteiger partial charge on any atom is -0.477 e. The van der Waals surface area contributed by atoms with Gasteiger partial charge in [-0.05, 0) is 24.6 Å². The Bertz CT molecular complexity index is 883. The van der Waals surface area contributed by atoms with Gasteiger partial charge in [-0.3, -0.25) is 0 Å². The smallest absolute Gasteiger partial charge is 0.348 e. The number of aryl methyl sites for hydroxylation is 1. The van der Waals surface area contributed by atoms with Crippen LogP contribution in [0.2, 0.25) is 0 Å². The molecule has 0 fully saturated rings. The molecule has 7 heteroatoms. The van der Waals surface area contributed by atoms with Gasteiger partial charge >= 0.3 is 11.6 Å². The van der Waals surface area contributed by atoms with Crippen molar-refractivity contribution >= 4 is 5.97 Å². The average Bonchev–Trinajstić information content (AvgIpc) is 3.17. The fraction of sp³-hybridized carbons (Fsp3) is 0.294. The zero-order valence-corrected chi connectivity index (χ0v) is 13.0. The van der Waals surface area contributed by atoms with Gasteiger partial charge < -0.3 is 23.4 Å². The van der Waals surface area contributed by atoms with Crippen LogP contribution in [0.15, 0.2) is 33.5 Å². The molecule has 24 heavy (non-hydrogen) atoms. The number of carbonyl (C=O) groups excluding carboxylic acids is 1. The Morgan fingerprint density at radius 1 is 1.17 bits per heavy atom. The maximum absolute atomic E-state index is 12.4. The molecule has 0 N–H and O–H groups in total. The first-order valence-corrected chi connectivity index (χ1v) is 7.37. The van der Waals surface area contributed by atoms with E-state index in [1.165, 1.54) is 7.11 Å². The van der Waals surface area contributed by atoms with E-state index in [9.17, 15) is 9.59 Å². The Morgan fingerprint density at radius 2 is 1.96 bits per heavy atom. The highest BCUT2D eigenvalue weighted by Gasteiger charge is 2.44. The van der Waals surface area contributed by atoms with Gasteiger partial charge in [0.2, 0.25) is 12.9 Å². The van der Waals surface area contributed by atoms with E-state index in [1.807, 2.05) is 0 Å². The molecule has 2 aliphatic rings. The Morgan fingerprint density at radius 3 is 2.75 bits per heavy atom. The molecule has 0 saturated carbocycles. The quantitative estimate of drug-likeness (QED) is 0.775. The Kier molecular flexibility index (Phi) is 3.23. The molecule has 7 nitrogen and oxygen atoms in total. The molecule has 0 amide bonds. The standard InChI is InChI=1S/C17H14O7/c1-8-5-12-14(16(18)23-8)13(15(24-12)17(19)20-2)9-3-4-10-11(6-9)22-7-21-10/h3-6,13,15H,7H2,1-2H3. The van der Waals surface area contributed by atoms with Crippen molar-refractivity contribution in [2.45, 2.75) is 18.9 Å². The topological polar surface area (TPSA) is 84.2 Å². The van der Waals surface area contributed by atoms with Crippen molar-refractivity contribution in [2.24, 2.45) is 0 Å². The highest BCUT2D eigenvalue weighted by Crippen LogP contribution is 2.44. The molecule has 1 aromatic carbocycles. The Balaban J connectivity index is 1.87. The number of carbonyl (C=O) groups is 1. The van der Waals surface area contributed by atoms with Gasteiger partial charge in [0.25, 0.3) is 0 Å². The predicted molar refractivity (Wildman–Crippen MR) is 80.6 cm³/mol. The van der Waals surface area contributed by atoms with Crippen LogP contribution < -0.4 is 19.8 Å². The maximum atomic E-state index is 12.4. The van der Waals surface area contributed by atoms with Crippen LogP contribution in [0.3, 0.4) is 0 Å². The summed E-state index contributed by atoms with van der Waals surface area (Å²) in [4.78, 5) is 24.5. The number of hydrogen-bond donors (Lipinski definition) is 0. The molecular weight excluding hydrogens is 316 g/mol. The van der Waals surface area contributed by atoms with Gasteiger partial charge in [0.1, 0.15) is 11.5 Å². The van der Waals surface area contributed by atoms with E-state index in [2.05, 4.69) is 0 Å². The highest BCUT2D eigenvalue weighted by atomic mass is 16.7. The SMILES string of the molecule is COC(=O)C1Oc2cc(C)oc(=O)c2C1c1ccc2c(c1)OCO2. The molecule has 124 valence electrons. The van der Waals surface area contributed by atoms with Crippen LogP contribution >= 0.6 is 0 Å². The first kappa shape index (κ1) is 14.6. The molecular formula is C17H14O7. The molecule has 2 aromatic rings. The van der Waals surface area contributed by atoms with Gasteiger partial charge in [-0.2, -0.15) is 0 Å². The van der Waals surface area contributed by atoms with Gasteiger partial charge in [0.05, 0.1) is 18.6 Å². The molecule has 3 heterocycles. The molecule has 0 radical (unpaired) electrons. The van der Waals surface area contributed by atoms with E-state index in [0.29, 0.717) is 34.1 Å². The summed E-state index contributed by atoms with van der Waals surface area (Å²) in [5.41, 5.74) is 0.457. The summed E-state index contributed by atoms with van der Waals surface area (Å²) in [6.45, 7) is 1.78. The molecule has 2 atom stereocenters. The summed E-state index contributed by atoms with van der Waals surface area (Å²) >= 11 is 0. The minimum atomic E-state index is -0.963. The predicted octanol–water partition coefficient (Wildman–Crippen LogP) is 1.74. The van der Waals surface area contributed by atoms with Crippen LogP contribution in [0.1, 0.15) is 22.8 Å². The van der Waals surface area contributed by atoms with Crippen molar-refractivity contribution in [1.29, 1.82) is 0 Å². The van der Waals surface area contributed by atoms with E-state index in [0.717, 1.165) is 0 Å². The lowest BCUT2D eigenvalue weighted by molar-refractivity contribution is -0.148. The van der Waals surface area contributed by atoms with Crippen molar-refractivity contribution in [3.05, 3.63) is 51.6 Å². The van der Waals surface area contributed by atoms with Crippen molar-refractivity contribution < 1.29 is 28.2 Å². The summed E-state index contributed by atoms with van der Waals surface area (Å²) < 4.78 is 26.4. The normalized spacial score (nSPS) is 20.4. The van der Waals surface area contributed by atoms with Crippen LogP contribution in [-0.4, -0.2) is 26.0 Å². The number of ether oxygens (including phenoxy) is 4. The lowest BCUT2D eigenvalue weighted by atomic mass is 9.88. The van der Waals surface area contributed by atoms with E-state index in [1.54, 1.807) is 31.2 Å². The third kappa shape index (κ3) is 2.12. The summed E-state index contributed by atoms with van der Waals surface area (Å²) in [6, 6.07) is 6.84. The van der Waals surface area contributed by atoms with Crippen molar-refractivity contribution in [2.75, 3.05) is 13.9 Å². The molecule has 0 aliphatic carbocycles. The highest BCUT2D eigenvalue weighted by molar-refractivity contribution is 5.79. The zero-order chi connectivity index (χ0) is 16.8. The molecule has 2 unspecified atom stereocenters. The maximum Gasteiger partial charge on any atom is 0.348 e. The van der Waals surface area contributed by atoms with Crippen molar-refractivity contribution in [3.63, 3.8) is 0 Å². The first-order chi connectivity index (χ1) is 11.6. The molecule has 0 saturated heterocycles. The average molecular weight is 330 g/mol. The lowest BCUT2D eigenvalue weighted by Gasteiger charge is -2.17. The minimum absolute atomic E-state index is 0.137. The van der Waals surface area contributed by atoms with Gasteiger partial charge in [0, 0.05) is 6.07 Å². The molecule has 1 aromatic heterocycles. The van der Waals surface area contributed by atoms with Gasteiger partial charge in [-0.15, -0.1) is 0 Å². The van der Waals surface area contributed by atoms with Crippen molar-refractivity contribution in [1.82, 2.24) is 0 Å². The number of esters is 1. The van der Waals surface area contributed by atoms with Crippen molar-refractivity contribution in [3.8, 4) is 17.2 Å². The van der Waals surface area contributed by atoms with Crippen LogP contribution in [0.4, 0.5) is 0 Å². The number of methoxy groups -OCH3 is 1. The summed E-state index contributed by atoms with van der Waals surface area (Å²) in [6.07, 6.45) is -0.963. The fourth-order valence-electron chi connectivity index (χ4n) is 3.08. The Hall–Kier alpha value is -2.96. The van der Waals surface area contributed by atoms with Gasteiger partial charge in [0.15, 0.2) is 11.5 Å². The molecule has 4 rings (SSSR count). The largest absolute Gasteiger partial charge is 0.477 e. The molecule has 2 aliphatic heterocycles. The number of benzene rings is 1. The Labute approximate surface area is 136 Å². The van der Waals surface area contributed by atoms with E-state index >= 15 is 0 Å².